The molecule has 2 aromatic carbocycles. The highest BCUT2D eigenvalue weighted by Gasteiger charge is 2.21. The minimum atomic E-state index is -0.633. The van der Waals surface area contributed by atoms with Crippen LogP contribution in [0.4, 0.5) is 0 Å². The van der Waals surface area contributed by atoms with Gasteiger partial charge in [-0.1, -0.05) is 61.5 Å². The molecule has 2 aromatic rings. The first kappa shape index (κ1) is 15.6. The lowest BCUT2D eigenvalue weighted by Crippen LogP contribution is -2.29. The molecule has 0 saturated heterocycles. The first-order chi connectivity index (χ1) is 10.1. The van der Waals surface area contributed by atoms with Gasteiger partial charge in [-0.3, -0.25) is 4.79 Å². The van der Waals surface area contributed by atoms with Crippen LogP contribution in [0.1, 0.15) is 29.0 Å². The smallest absolute Gasteiger partial charge is 0.245 e. The highest BCUT2D eigenvalue weighted by atomic mass is 35.5. The second-order valence-electron chi connectivity index (χ2n) is 5.14. The van der Waals surface area contributed by atoms with Crippen LogP contribution in [0.2, 0.25) is 0 Å². The summed E-state index contributed by atoms with van der Waals surface area (Å²) < 4.78 is 0. The number of aryl methyl sites for hydroxylation is 1. The quantitative estimate of drug-likeness (QED) is 0.758. The van der Waals surface area contributed by atoms with Crippen molar-refractivity contribution < 1.29 is 4.79 Å². The van der Waals surface area contributed by atoms with Gasteiger partial charge >= 0.3 is 0 Å². The summed E-state index contributed by atoms with van der Waals surface area (Å²) in [5.41, 5.74) is 3.24. The zero-order chi connectivity index (χ0) is 15.2. The van der Waals surface area contributed by atoms with Gasteiger partial charge in [-0.2, -0.15) is 0 Å². The minimum Gasteiger partial charge on any atom is -0.340 e. The summed E-state index contributed by atoms with van der Waals surface area (Å²) in [6, 6.07) is 17.8. The Hall–Kier alpha value is -1.80. The third-order valence-corrected chi connectivity index (χ3v) is 3.97. The molecular formula is C18H20ClNO. The van der Waals surface area contributed by atoms with Crippen LogP contribution in [0, 0.1) is 0 Å². The van der Waals surface area contributed by atoms with E-state index in [1.807, 2.05) is 30.3 Å². The van der Waals surface area contributed by atoms with Gasteiger partial charge in [0.15, 0.2) is 0 Å². The summed E-state index contributed by atoms with van der Waals surface area (Å²) in [6.07, 6.45) is 1.02. The van der Waals surface area contributed by atoms with Gasteiger partial charge < -0.3 is 4.90 Å². The maximum absolute atomic E-state index is 12.4. The monoisotopic (exact) mass is 301 g/mol. The Balaban J connectivity index is 2.01. The molecule has 0 aliphatic heterocycles. The van der Waals surface area contributed by atoms with Gasteiger partial charge in [0, 0.05) is 13.6 Å². The van der Waals surface area contributed by atoms with Crippen molar-refractivity contribution in [3.8, 4) is 0 Å². The van der Waals surface area contributed by atoms with Crippen molar-refractivity contribution in [3.63, 3.8) is 0 Å². The molecule has 0 saturated carbocycles. The van der Waals surface area contributed by atoms with Crippen molar-refractivity contribution in [2.24, 2.45) is 0 Å². The molecule has 1 unspecified atom stereocenters. The van der Waals surface area contributed by atoms with E-state index < -0.39 is 5.38 Å². The van der Waals surface area contributed by atoms with Gasteiger partial charge in [0.2, 0.25) is 5.91 Å². The van der Waals surface area contributed by atoms with Crippen molar-refractivity contribution in [1.29, 1.82) is 0 Å². The molecule has 0 radical (unpaired) electrons. The Bertz CT molecular complexity index is 580. The Labute approximate surface area is 131 Å². The predicted octanol–water partition coefficient (Wildman–Crippen LogP) is 4.19. The van der Waals surface area contributed by atoms with E-state index in [0.717, 1.165) is 17.5 Å². The summed E-state index contributed by atoms with van der Waals surface area (Å²) >= 11 is 6.27. The van der Waals surface area contributed by atoms with E-state index in [1.54, 1.807) is 11.9 Å². The van der Waals surface area contributed by atoms with Gasteiger partial charge in [0.25, 0.3) is 0 Å². The molecule has 0 N–H and O–H groups in total. The summed E-state index contributed by atoms with van der Waals surface area (Å²) in [6.45, 7) is 2.70. The molecule has 0 spiro atoms. The standard InChI is InChI=1S/C18H20ClNO/c1-3-14-9-11-15(12-10-14)13-20(2)18(21)17(19)16-7-5-4-6-8-16/h4-12,17H,3,13H2,1-2H3. The zero-order valence-electron chi connectivity index (χ0n) is 12.4. The molecule has 21 heavy (non-hydrogen) atoms. The van der Waals surface area contributed by atoms with E-state index in [4.69, 9.17) is 11.6 Å². The largest absolute Gasteiger partial charge is 0.340 e. The molecule has 110 valence electrons. The summed E-state index contributed by atoms with van der Waals surface area (Å²) in [5, 5.41) is -0.633. The van der Waals surface area contributed by atoms with Gasteiger partial charge in [0.1, 0.15) is 5.38 Å². The molecule has 0 fully saturated rings. The van der Waals surface area contributed by atoms with E-state index in [2.05, 4.69) is 31.2 Å². The van der Waals surface area contributed by atoms with Gasteiger partial charge in [0.05, 0.1) is 0 Å². The molecular weight excluding hydrogens is 282 g/mol. The van der Waals surface area contributed by atoms with Crippen LogP contribution >= 0.6 is 11.6 Å². The van der Waals surface area contributed by atoms with E-state index in [9.17, 15) is 4.79 Å². The van der Waals surface area contributed by atoms with E-state index in [-0.39, 0.29) is 5.91 Å². The summed E-state index contributed by atoms with van der Waals surface area (Å²) in [4.78, 5) is 14.0. The number of alkyl halides is 1. The second-order valence-corrected chi connectivity index (χ2v) is 5.57. The molecule has 2 rings (SSSR count). The number of carbonyl (C=O) groups is 1. The lowest BCUT2D eigenvalue weighted by Gasteiger charge is -2.20. The number of carbonyl (C=O) groups excluding carboxylic acids is 1. The predicted molar refractivity (Wildman–Crippen MR) is 87.3 cm³/mol. The van der Waals surface area contributed by atoms with Gasteiger partial charge in [-0.05, 0) is 23.1 Å². The first-order valence-electron chi connectivity index (χ1n) is 7.13. The fraction of sp³-hybridized carbons (Fsp3) is 0.278. The molecule has 3 heteroatoms. The fourth-order valence-corrected chi connectivity index (χ4v) is 2.50. The normalized spacial score (nSPS) is 12.0. The number of hydrogen-bond donors (Lipinski definition) is 0. The number of halogens is 1. The van der Waals surface area contributed by atoms with Crippen LogP contribution < -0.4 is 0 Å². The first-order valence-corrected chi connectivity index (χ1v) is 7.57. The van der Waals surface area contributed by atoms with E-state index in [0.29, 0.717) is 6.54 Å². The van der Waals surface area contributed by atoms with Crippen molar-refractivity contribution in [2.75, 3.05) is 7.05 Å². The Kier molecular flexibility index (Phi) is 5.40. The Morgan fingerprint density at radius 3 is 2.19 bits per heavy atom. The summed E-state index contributed by atoms with van der Waals surface area (Å²) in [7, 11) is 1.79. The van der Waals surface area contributed by atoms with Crippen LogP contribution in [0.25, 0.3) is 0 Å². The van der Waals surface area contributed by atoms with Gasteiger partial charge in [-0.15, -0.1) is 11.6 Å². The van der Waals surface area contributed by atoms with Gasteiger partial charge in [-0.25, -0.2) is 0 Å². The molecule has 1 atom stereocenters. The molecule has 0 heterocycles. The Morgan fingerprint density at radius 1 is 1.05 bits per heavy atom. The number of nitrogens with zero attached hydrogens (tertiary/aromatic N) is 1. The highest BCUT2D eigenvalue weighted by molar-refractivity contribution is 6.30. The lowest BCUT2D eigenvalue weighted by molar-refractivity contribution is -0.130. The molecule has 0 aromatic heterocycles. The third kappa shape index (κ3) is 4.08. The summed E-state index contributed by atoms with van der Waals surface area (Å²) in [5.74, 6) is -0.0811. The zero-order valence-corrected chi connectivity index (χ0v) is 13.2. The topological polar surface area (TPSA) is 20.3 Å². The average molecular weight is 302 g/mol. The number of amides is 1. The number of hydrogen-bond acceptors (Lipinski definition) is 1. The minimum absolute atomic E-state index is 0.0811. The molecule has 0 bridgehead atoms. The number of benzene rings is 2. The maximum Gasteiger partial charge on any atom is 0.245 e. The third-order valence-electron chi connectivity index (χ3n) is 3.54. The van der Waals surface area contributed by atoms with Crippen molar-refractivity contribution >= 4 is 17.5 Å². The molecule has 0 aliphatic rings. The number of rotatable bonds is 5. The maximum atomic E-state index is 12.4. The van der Waals surface area contributed by atoms with Crippen LogP contribution in [0.3, 0.4) is 0 Å². The van der Waals surface area contributed by atoms with Crippen LogP contribution in [0.15, 0.2) is 54.6 Å². The van der Waals surface area contributed by atoms with E-state index in [1.165, 1.54) is 5.56 Å². The van der Waals surface area contributed by atoms with Crippen molar-refractivity contribution in [2.45, 2.75) is 25.3 Å². The number of likely N-dealkylation sites (N-methyl/N-ethyl adjacent to an activating group) is 1. The van der Waals surface area contributed by atoms with E-state index >= 15 is 0 Å². The molecule has 1 amide bonds. The van der Waals surface area contributed by atoms with Crippen LogP contribution in [0.5, 0.6) is 0 Å². The lowest BCUT2D eigenvalue weighted by atomic mass is 10.1. The van der Waals surface area contributed by atoms with Crippen LogP contribution in [-0.4, -0.2) is 17.9 Å². The van der Waals surface area contributed by atoms with Crippen molar-refractivity contribution in [1.82, 2.24) is 4.90 Å². The average Bonchev–Trinajstić information content (AvgIpc) is 2.55. The second kappa shape index (κ2) is 7.28. The van der Waals surface area contributed by atoms with Crippen molar-refractivity contribution in [3.05, 3.63) is 71.3 Å². The fourth-order valence-electron chi connectivity index (χ4n) is 2.19. The van der Waals surface area contributed by atoms with Crippen LogP contribution in [-0.2, 0) is 17.8 Å². The highest BCUT2D eigenvalue weighted by Crippen LogP contribution is 2.23. The Morgan fingerprint density at radius 2 is 1.62 bits per heavy atom. The SMILES string of the molecule is CCc1ccc(CN(C)C(=O)C(Cl)c2ccccc2)cc1. The molecule has 0 aliphatic carbocycles. The molecule has 2 nitrogen and oxygen atoms in total.